The summed E-state index contributed by atoms with van der Waals surface area (Å²) in [6, 6.07) is 23.3. The van der Waals surface area contributed by atoms with Crippen molar-refractivity contribution in [2.75, 3.05) is 69.4 Å². The van der Waals surface area contributed by atoms with Crippen LogP contribution in [0.2, 0.25) is 0 Å². The summed E-state index contributed by atoms with van der Waals surface area (Å²) in [6.45, 7) is 5.75. The Kier molecular flexibility index (Phi) is 9.82. The molecule has 7 rings (SSSR count). The van der Waals surface area contributed by atoms with E-state index in [1.165, 1.54) is 20.5 Å². The maximum absolute atomic E-state index is 12.3. The number of piperidine rings is 1. The van der Waals surface area contributed by atoms with Crippen molar-refractivity contribution in [2.45, 2.75) is 31.0 Å². The highest BCUT2D eigenvalue weighted by molar-refractivity contribution is 6.16. The molecule has 0 atom stereocenters. The van der Waals surface area contributed by atoms with Gasteiger partial charge in [0.2, 0.25) is 0 Å². The number of nitrogens with one attached hydrogen (secondary N) is 2. The van der Waals surface area contributed by atoms with Crippen LogP contribution in [0.1, 0.15) is 44.7 Å². The summed E-state index contributed by atoms with van der Waals surface area (Å²) in [6.07, 6.45) is 3.36. The lowest BCUT2D eigenvalue weighted by Gasteiger charge is -2.55. The minimum Gasteiger partial charge on any atom is -0.465 e. The van der Waals surface area contributed by atoms with E-state index in [-0.39, 0.29) is 28.7 Å². The Labute approximate surface area is 296 Å². The number of carbonyl (C=O) groups is 2. The number of carbonyl (C=O) groups excluding carboxylic acids is 2. The van der Waals surface area contributed by atoms with Gasteiger partial charge in [0.15, 0.2) is 0 Å². The lowest BCUT2D eigenvalue weighted by atomic mass is 9.95. The first kappa shape index (κ1) is 33.9. The van der Waals surface area contributed by atoms with Crippen molar-refractivity contribution in [3.05, 3.63) is 101 Å². The van der Waals surface area contributed by atoms with Crippen molar-refractivity contribution >= 4 is 35.0 Å². The number of aromatic nitrogens is 2. The zero-order valence-corrected chi connectivity index (χ0v) is 28.7. The number of nitrogens with zero attached hydrogens (tertiary/aromatic N) is 5. The van der Waals surface area contributed by atoms with E-state index in [1.807, 2.05) is 60.7 Å². The molecule has 3 fully saturated rings. The summed E-state index contributed by atoms with van der Waals surface area (Å²) >= 11 is 0. The maximum Gasteiger partial charge on any atom is 0.338 e. The third-order valence-corrected chi connectivity index (χ3v) is 10.1. The van der Waals surface area contributed by atoms with E-state index in [0.717, 1.165) is 63.5 Å². The number of rotatable bonds is 11. The van der Waals surface area contributed by atoms with Gasteiger partial charge < -0.3 is 30.2 Å². The summed E-state index contributed by atoms with van der Waals surface area (Å²) < 4.78 is 15.6. The van der Waals surface area contributed by atoms with E-state index >= 15 is 0 Å². The zero-order valence-electron chi connectivity index (χ0n) is 28.7. The first-order chi connectivity index (χ1) is 24.8. The molecule has 0 unspecified atom stereocenters. The highest BCUT2D eigenvalue weighted by Crippen LogP contribution is 2.32. The van der Waals surface area contributed by atoms with E-state index < -0.39 is 11.9 Å². The van der Waals surface area contributed by atoms with Gasteiger partial charge in [-0.2, -0.15) is 0 Å². The van der Waals surface area contributed by atoms with Crippen molar-refractivity contribution in [1.82, 2.24) is 19.8 Å². The Morgan fingerprint density at radius 3 is 2.14 bits per heavy atom. The van der Waals surface area contributed by atoms with Gasteiger partial charge in [-0.3, -0.25) is 15.2 Å². The Hall–Kier alpha value is -5.53. The zero-order chi connectivity index (χ0) is 35.5. The molecule has 4 aromatic rings. The molecule has 0 aliphatic carbocycles. The highest BCUT2D eigenvalue weighted by atomic mass is 16.5. The molecule has 1 aromatic heterocycles. The molecule has 13 heteroatoms. The summed E-state index contributed by atoms with van der Waals surface area (Å²) in [5.74, 6) is 1.16. The molecule has 0 saturated carbocycles. The van der Waals surface area contributed by atoms with Gasteiger partial charge in [-0.15, -0.1) is 0 Å². The first-order valence-electron chi connectivity index (χ1n) is 17.1. The lowest BCUT2D eigenvalue weighted by Crippen LogP contribution is -2.70. The smallest absolute Gasteiger partial charge is 0.338 e. The Bertz CT molecular complexity index is 1890. The van der Waals surface area contributed by atoms with Gasteiger partial charge in [-0.1, -0.05) is 18.2 Å². The van der Waals surface area contributed by atoms with Crippen LogP contribution >= 0.6 is 0 Å². The number of benzene rings is 3. The monoisotopic (exact) mass is 690 g/mol. The average Bonchev–Trinajstić information content (AvgIpc) is 3.12. The molecule has 3 aliphatic rings. The fraction of sp³-hybridized carbons (Fsp3) is 0.342. The maximum atomic E-state index is 12.3. The molecule has 0 amide bonds. The van der Waals surface area contributed by atoms with Crippen molar-refractivity contribution < 1.29 is 23.8 Å². The standard InChI is InChI=1S/C38H42N8O5/c1-49-37(47)31-13-10-26(18-32(31)38(48)50-2)45-21-28(22-45)46-19-27(20-46)44-16-14-25(15-17-44)43-36-33(35(40)41-23-42-36)34(39)24-8-11-30(12-9-24)51-29-6-4-3-5-7-29/h3-13,18,23,25,27-28,39H,14-17,19-22H2,1-2H3,(H3,40,41,42,43). The second kappa shape index (κ2) is 14.8. The molecule has 264 valence electrons. The molecule has 3 aromatic carbocycles. The minimum absolute atomic E-state index is 0.201. The van der Waals surface area contributed by atoms with E-state index in [1.54, 1.807) is 12.1 Å². The number of esters is 2. The summed E-state index contributed by atoms with van der Waals surface area (Å²) in [7, 11) is 2.60. The second-order valence-electron chi connectivity index (χ2n) is 13.1. The van der Waals surface area contributed by atoms with Crippen LogP contribution in [0, 0.1) is 5.41 Å². The molecule has 4 heterocycles. The quantitative estimate of drug-likeness (QED) is 0.152. The van der Waals surface area contributed by atoms with Gasteiger partial charge in [0.1, 0.15) is 29.5 Å². The van der Waals surface area contributed by atoms with Crippen molar-refractivity contribution in [1.29, 1.82) is 5.41 Å². The highest BCUT2D eigenvalue weighted by Gasteiger charge is 2.42. The number of para-hydroxylation sites is 1. The van der Waals surface area contributed by atoms with Gasteiger partial charge in [-0.25, -0.2) is 19.6 Å². The van der Waals surface area contributed by atoms with Crippen LogP contribution in [0.15, 0.2) is 79.1 Å². The van der Waals surface area contributed by atoms with Gasteiger partial charge in [0.25, 0.3) is 0 Å². The molecule has 51 heavy (non-hydrogen) atoms. The normalized spacial score (nSPS) is 17.3. The number of hydrogen-bond donors (Lipinski definition) is 3. The number of nitrogen functional groups attached to an aromatic ring is 1. The largest absolute Gasteiger partial charge is 0.465 e. The number of nitrogens with two attached hydrogens (primary N) is 1. The third kappa shape index (κ3) is 7.21. The SMILES string of the molecule is COC(=O)c1ccc(N2CC(N3CC(N4CCC(Nc5ncnc(N)c5C(=N)c5ccc(Oc6ccccc6)cc5)CC4)C3)C2)cc1C(=O)OC. The van der Waals surface area contributed by atoms with Gasteiger partial charge >= 0.3 is 11.9 Å². The molecule has 13 nitrogen and oxygen atoms in total. The molecular formula is C38H42N8O5. The summed E-state index contributed by atoms with van der Waals surface area (Å²) in [5, 5.41) is 12.6. The molecule has 0 radical (unpaired) electrons. The van der Waals surface area contributed by atoms with Crippen LogP contribution < -0.4 is 20.7 Å². The van der Waals surface area contributed by atoms with Crippen LogP contribution in [0.4, 0.5) is 17.3 Å². The predicted octanol–water partition coefficient (Wildman–Crippen LogP) is 4.29. The first-order valence-corrected chi connectivity index (χ1v) is 17.1. The van der Waals surface area contributed by atoms with Crippen LogP contribution in [-0.2, 0) is 9.47 Å². The number of anilines is 3. The Balaban J connectivity index is 0.889. The molecule has 0 spiro atoms. The van der Waals surface area contributed by atoms with Gasteiger partial charge in [0.05, 0.1) is 36.6 Å². The van der Waals surface area contributed by atoms with E-state index in [4.69, 9.17) is 25.4 Å². The molecule has 0 bridgehead atoms. The van der Waals surface area contributed by atoms with E-state index in [0.29, 0.717) is 34.8 Å². The topological polar surface area (TPSA) is 159 Å². The predicted molar refractivity (Wildman–Crippen MR) is 194 cm³/mol. The number of ether oxygens (including phenoxy) is 3. The van der Waals surface area contributed by atoms with Crippen LogP contribution in [0.5, 0.6) is 11.5 Å². The molecule has 4 N–H and O–H groups in total. The van der Waals surface area contributed by atoms with E-state index in [2.05, 4.69) is 30.0 Å². The van der Waals surface area contributed by atoms with Crippen molar-refractivity contribution in [3.8, 4) is 11.5 Å². The van der Waals surface area contributed by atoms with Crippen LogP contribution in [0.25, 0.3) is 0 Å². The fourth-order valence-electron chi connectivity index (χ4n) is 7.03. The minimum atomic E-state index is -0.563. The fourth-order valence-corrected chi connectivity index (χ4v) is 7.03. The van der Waals surface area contributed by atoms with Crippen LogP contribution in [-0.4, -0.2) is 109 Å². The Morgan fingerprint density at radius 2 is 1.45 bits per heavy atom. The number of likely N-dealkylation sites (tertiary alicyclic amines) is 2. The molecular weight excluding hydrogens is 648 g/mol. The average molecular weight is 691 g/mol. The molecule has 3 saturated heterocycles. The lowest BCUT2D eigenvalue weighted by molar-refractivity contribution is -0.0116. The second-order valence-corrected chi connectivity index (χ2v) is 13.1. The number of hydrogen-bond acceptors (Lipinski definition) is 13. The Morgan fingerprint density at radius 1 is 0.804 bits per heavy atom. The number of methoxy groups -OCH3 is 2. The third-order valence-electron chi connectivity index (χ3n) is 10.1. The van der Waals surface area contributed by atoms with Crippen LogP contribution in [0.3, 0.4) is 0 Å². The van der Waals surface area contributed by atoms with Crippen molar-refractivity contribution in [2.24, 2.45) is 0 Å². The van der Waals surface area contributed by atoms with Gasteiger partial charge in [0, 0.05) is 68.6 Å². The van der Waals surface area contributed by atoms with Gasteiger partial charge in [-0.05, 0) is 67.4 Å². The summed E-state index contributed by atoms with van der Waals surface area (Å²) in [4.78, 5) is 40.5. The van der Waals surface area contributed by atoms with E-state index in [9.17, 15) is 9.59 Å². The van der Waals surface area contributed by atoms with Crippen molar-refractivity contribution in [3.63, 3.8) is 0 Å². The summed E-state index contributed by atoms with van der Waals surface area (Å²) in [5.41, 5.74) is 9.07. The molecule has 3 aliphatic heterocycles.